The Morgan fingerprint density at radius 2 is 2.00 bits per heavy atom. The molecule has 2 nitrogen and oxygen atoms in total. The van der Waals surface area contributed by atoms with Gasteiger partial charge in [0, 0.05) is 19.6 Å². The van der Waals surface area contributed by atoms with E-state index in [0.29, 0.717) is 5.92 Å². The Kier molecular flexibility index (Phi) is 4.50. The number of likely N-dealkylation sites (N-methyl/N-ethyl adjacent to an activating group) is 1. The molecule has 0 aliphatic rings. The van der Waals surface area contributed by atoms with E-state index >= 15 is 0 Å². The second kappa shape index (κ2) is 5.73. The molecule has 0 spiro atoms. The molecule has 2 heteroatoms. The lowest BCUT2D eigenvalue weighted by Gasteiger charge is -2.15. The van der Waals surface area contributed by atoms with Gasteiger partial charge in [0.2, 0.25) is 0 Å². The maximum Gasteiger partial charge on any atom is 0.0543 e. The Bertz CT molecular complexity index is 217. The van der Waals surface area contributed by atoms with E-state index < -0.39 is 0 Å². The molecule has 1 aromatic carbocycles. The van der Waals surface area contributed by atoms with Crippen LogP contribution in [0.4, 0.5) is 0 Å². The maximum atomic E-state index is 5.17. The number of rotatable bonds is 5. The summed E-state index contributed by atoms with van der Waals surface area (Å²) in [6.45, 7) is 1.72. The van der Waals surface area contributed by atoms with Crippen molar-refractivity contribution in [2.75, 3.05) is 27.3 Å². The average Bonchev–Trinajstić information content (AvgIpc) is 2.19. The first-order valence-electron chi connectivity index (χ1n) is 4.57. The van der Waals surface area contributed by atoms with Crippen molar-refractivity contribution in [2.24, 2.45) is 0 Å². The Labute approximate surface area is 79.9 Å². The Hall–Kier alpha value is -0.860. The van der Waals surface area contributed by atoms with Crippen LogP contribution in [-0.4, -0.2) is 27.3 Å². The van der Waals surface area contributed by atoms with E-state index in [0.717, 1.165) is 13.2 Å². The lowest BCUT2D eigenvalue weighted by atomic mass is 10.0. The van der Waals surface area contributed by atoms with E-state index in [1.165, 1.54) is 5.56 Å². The molecule has 0 amide bonds. The molecule has 0 aromatic heterocycles. The summed E-state index contributed by atoms with van der Waals surface area (Å²) in [5, 5.41) is 3.17. The van der Waals surface area contributed by atoms with E-state index in [2.05, 4.69) is 29.6 Å². The molecule has 0 aliphatic heterocycles. The normalized spacial score (nSPS) is 12.8. The van der Waals surface area contributed by atoms with Crippen molar-refractivity contribution in [1.82, 2.24) is 5.32 Å². The molecular formula is C11H17NO. The van der Waals surface area contributed by atoms with Crippen LogP contribution in [0.1, 0.15) is 11.5 Å². The quantitative estimate of drug-likeness (QED) is 0.742. The third kappa shape index (κ3) is 3.17. The average molecular weight is 179 g/mol. The zero-order valence-corrected chi connectivity index (χ0v) is 8.29. The van der Waals surface area contributed by atoms with Crippen molar-refractivity contribution >= 4 is 0 Å². The van der Waals surface area contributed by atoms with Crippen LogP contribution in [0.3, 0.4) is 0 Å². The molecule has 0 radical (unpaired) electrons. The molecule has 1 unspecified atom stereocenters. The predicted octanol–water partition coefficient (Wildman–Crippen LogP) is 1.64. The maximum absolute atomic E-state index is 5.17. The number of ether oxygens (including phenoxy) is 1. The van der Waals surface area contributed by atoms with Gasteiger partial charge < -0.3 is 10.1 Å². The molecule has 13 heavy (non-hydrogen) atoms. The fourth-order valence-electron chi connectivity index (χ4n) is 1.45. The third-order valence-corrected chi connectivity index (χ3v) is 2.09. The molecule has 1 N–H and O–H groups in total. The summed E-state index contributed by atoms with van der Waals surface area (Å²) in [6, 6.07) is 10.4. The highest BCUT2D eigenvalue weighted by Crippen LogP contribution is 2.14. The van der Waals surface area contributed by atoms with E-state index in [1.54, 1.807) is 7.11 Å². The minimum absolute atomic E-state index is 0.455. The van der Waals surface area contributed by atoms with Gasteiger partial charge in [0.25, 0.3) is 0 Å². The fraction of sp³-hybridized carbons (Fsp3) is 0.455. The molecule has 0 heterocycles. The minimum Gasteiger partial charge on any atom is -0.384 e. The highest BCUT2D eigenvalue weighted by Gasteiger charge is 2.08. The zero-order valence-electron chi connectivity index (χ0n) is 8.29. The molecule has 0 saturated heterocycles. The van der Waals surface area contributed by atoms with Gasteiger partial charge >= 0.3 is 0 Å². The Morgan fingerprint density at radius 1 is 1.31 bits per heavy atom. The van der Waals surface area contributed by atoms with Crippen molar-refractivity contribution in [3.8, 4) is 0 Å². The number of hydrogen-bond donors (Lipinski definition) is 1. The SMILES string of the molecule is CNCC(COC)c1ccccc1. The summed E-state index contributed by atoms with van der Waals surface area (Å²) < 4.78 is 5.17. The van der Waals surface area contributed by atoms with E-state index in [9.17, 15) is 0 Å². The molecule has 0 fully saturated rings. The summed E-state index contributed by atoms with van der Waals surface area (Å²) in [5.74, 6) is 0.455. The van der Waals surface area contributed by atoms with Crippen LogP contribution in [0.5, 0.6) is 0 Å². The third-order valence-electron chi connectivity index (χ3n) is 2.09. The summed E-state index contributed by atoms with van der Waals surface area (Å²) >= 11 is 0. The van der Waals surface area contributed by atoms with Crippen LogP contribution in [0.15, 0.2) is 30.3 Å². The lowest BCUT2D eigenvalue weighted by molar-refractivity contribution is 0.178. The minimum atomic E-state index is 0.455. The second-order valence-corrected chi connectivity index (χ2v) is 3.12. The van der Waals surface area contributed by atoms with Crippen LogP contribution in [-0.2, 0) is 4.74 Å². The molecular weight excluding hydrogens is 162 g/mol. The smallest absolute Gasteiger partial charge is 0.0543 e. The highest BCUT2D eigenvalue weighted by atomic mass is 16.5. The molecule has 72 valence electrons. The predicted molar refractivity (Wildman–Crippen MR) is 55.0 cm³/mol. The first-order valence-corrected chi connectivity index (χ1v) is 4.57. The number of benzene rings is 1. The molecule has 0 aliphatic carbocycles. The molecule has 1 atom stereocenters. The van der Waals surface area contributed by atoms with Crippen molar-refractivity contribution in [1.29, 1.82) is 0 Å². The van der Waals surface area contributed by atoms with Crippen LogP contribution in [0.2, 0.25) is 0 Å². The van der Waals surface area contributed by atoms with Gasteiger partial charge in [-0.3, -0.25) is 0 Å². The van der Waals surface area contributed by atoms with Crippen LogP contribution in [0, 0.1) is 0 Å². The second-order valence-electron chi connectivity index (χ2n) is 3.12. The summed E-state index contributed by atoms with van der Waals surface area (Å²) in [4.78, 5) is 0. The van der Waals surface area contributed by atoms with Crippen LogP contribution < -0.4 is 5.32 Å². The van der Waals surface area contributed by atoms with Gasteiger partial charge in [0.1, 0.15) is 0 Å². The van der Waals surface area contributed by atoms with Gasteiger partial charge in [-0.1, -0.05) is 30.3 Å². The topological polar surface area (TPSA) is 21.3 Å². The summed E-state index contributed by atoms with van der Waals surface area (Å²) in [7, 11) is 3.71. The van der Waals surface area contributed by atoms with Crippen LogP contribution >= 0.6 is 0 Å². The van der Waals surface area contributed by atoms with Crippen LogP contribution in [0.25, 0.3) is 0 Å². The van der Waals surface area contributed by atoms with Crippen molar-refractivity contribution in [3.05, 3.63) is 35.9 Å². The lowest BCUT2D eigenvalue weighted by Crippen LogP contribution is -2.20. The van der Waals surface area contributed by atoms with Gasteiger partial charge in [-0.25, -0.2) is 0 Å². The highest BCUT2D eigenvalue weighted by molar-refractivity contribution is 5.19. The first-order chi connectivity index (χ1) is 6.38. The fourth-order valence-corrected chi connectivity index (χ4v) is 1.45. The van der Waals surface area contributed by atoms with Gasteiger partial charge in [-0.05, 0) is 12.6 Å². The Morgan fingerprint density at radius 3 is 2.54 bits per heavy atom. The van der Waals surface area contributed by atoms with Crippen molar-refractivity contribution < 1.29 is 4.74 Å². The Balaban J connectivity index is 2.64. The molecule has 1 aromatic rings. The standard InChI is InChI=1S/C11H17NO/c1-12-8-11(9-13-2)10-6-4-3-5-7-10/h3-7,11-12H,8-9H2,1-2H3. The zero-order chi connectivity index (χ0) is 9.52. The molecule has 1 rings (SSSR count). The molecule has 0 bridgehead atoms. The van der Waals surface area contributed by atoms with Crippen molar-refractivity contribution in [2.45, 2.75) is 5.92 Å². The number of nitrogens with one attached hydrogen (secondary N) is 1. The van der Waals surface area contributed by atoms with Gasteiger partial charge in [-0.2, -0.15) is 0 Å². The number of methoxy groups -OCH3 is 1. The van der Waals surface area contributed by atoms with E-state index in [1.807, 2.05) is 13.1 Å². The van der Waals surface area contributed by atoms with E-state index in [-0.39, 0.29) is 0 Å². The van der Waals surface area contributed by atoms with Gasteiger partial charge in [-0.15, -0.1) is 0 Å². The monoisotopic (exact) mass is 179 g/mol. The van der Waals surface area contributed by atoms with Gasteiger partial charge in [0.05, 0.1) is 6.61 Å². The number of hydrogen-bond acceptors (Lipinski definition) is 2. The summed E-state index contributed by atoms with van der Waals surface area (Å²) in [6.07, 6.45) is 0. The summed E-state index contributed by atoms with van der Waals surface area (Å²) in [5.41, 5.74) is 1.33. The first kappa shape index (κ1) is 10.2. The molecule has 0 saturated carbocycles. The van der Waals surface area contributed by atoms with Crippen molar-refractivity contribution in [3.63, 3.8) is 0 Å². The van der Waals surface area contributed by atoms with E-state index in [4.69, 9.17) is 4.74 Å². The largest absolute Gasteiger partial charge is 0.384 e. The van der Waals surface area contributed by atoms with Gasteiger partial charge in [0.15, 0.2) is 0 Å².